The molecule has 1 amide bonds. The second-order valence-electron chi connectivity index (χ2n) is 5.36. The van der Waals surface area contributed by atoms with Gasteiger partial charge in [0.2, 0.25) is 5.91 Å². The van der Waals surface area contributed by atoms with E-state index in [4.69, 9.17) is 0 Å². The molecule has 3 rings (SSSR count). The Labute approximate surface area is 141 Å². The summed E-state index contributed by atoms with van der Waals surface area (Å²) in [4.78, 5) is 13.7. The van der Waals surface area contributed by atoms with E-state index in [-0.39, 0.29) is 11.8 Å². The molecule has 0 aromatic heterocycles. The van der Waals surface area contributed by atoms with E-state index in [1.807, 2.05) is 24.3 Å². The normalized spacial score (nSPS) is 13.7. The van der Waals surface area contributed by atoms with Crippen molar-refractivity contribution in [2.75, 3.05) is 22.5 Å². The van der Waals surface area contributed by atoms with Gasteiger partial charge in [-0.15, -0.1) is 0 Å². The molecule has 1 aliphatic heterocycles. The number of hydrogen-bond acceptors (Lipinski definition) is 3. The standard InChI is InChI=1S/C17H15F3N2OS/c18-17(19,20)24-11-16(23)21-13-5-7-14(8-6-13)22-10-9-12-3-1-2-4-15(12)22/h1-8H,9-11H2,(H,21,23). The SMILES string of the molecule is O=C(CSC(F)(F)F)Nc1ccc(N2CCc3ccccc32)cc1. The highest BCUT2D eigenvalue weighted by Gasteiger charge is 2.29. The van der Waals surface area contributed by atoms with Crippen LogP contribution in [0.5, 0.6) is 0 Å². The van der Waals surface area contributed by atoms with E-state index in [1.165, 1.54) is 5.56 Å². The molecule has 0 fully saturated rings. The van der Waals surface area contributed by atoms with E-state index in [0.29, 0.717) is 5.69 Å². The Hall–Kier alpha value is -2.15. The van der Waals surface area contributed by atoms with Crippen molar-refractivity contribution in [2.24, 2.45) is 0 Å². The molecule has 0 saturated carbocycles. The maximum absolute atomic E-state index is 12.1. The number of alkyl halides is 3. The van der Waals surface area contributed by atoms with Crippen LogP contribution >= 0.6 is 11.8 Å². The summed E-state index contributed by atoms with van der Waals surface area (Å²) in [5, 5.41) is 2.47. The maximum Gasteiger partial charge on any atom is 0.442 e. The number of benzene rings is 2. The molecular weight excluding hydrogens is 337 g/mol. The highest BCUT2D eigenvalue weighted by Crippen LogP contribution is 2.34. The molecule has 3 nitrogen and oxygen atoms in total. The van der Waals surface area contributed by atoms with Gasteiger partial charge in [0, 0.05) is 23.6 Å². The summed E-state index contributed by atoms with van der Waals surface area (Å²) in [6, 6.07) is 15.3. The number of anilines is 3. The summed E-state index contributed by atoms with van der Waals surface area (Å²) < 4.78 is 36.2. The fourth-order valence-electron chi connectivity index (χ4n) is 2.68. The lowest BCUT2D eigenvalue weighted by Crippen LogP contribution is -2.17. The Morgan fingerprint density at radius 2 is 1.83 bits per heavy atom. The summed E-state index contributed by atoms with van der Waals surface area (Å²) in [5.74, 6) is -1.32. The number of rotatable bonds is 4. The monoisotopic (exact) mass is 352 g/mol. The third kappa shape index (κ3) is 4.03. The first-order chi connectivity index (χ1) is 11.4. The Morgan fingerprint density at radius 1 is 1.12 bits per heavy atom. The zero-order valence-corrected chi connectivity index (χ0v) is 13.5. The van der Waals surface area contributed by atoms with Gasteiger partial charge in [-0.25, -0.2) is 0 Å². The number of carbonyl (C=O) groups excluding carboxylic acids is 1. The van der Waals surface area contributed by atoms with Crippen molar-refractivity contribution in [1.29, 1.82) is 0 Å². The number of nitrogens with zero attached hydrogens (tertiary/aromatic N) is 1. The molecule has 0 aliphatic carbocycles. The minimum absolute atomic E-state index is 0.344. The van der Waals surface area contributed by atoms with Gasteiger partial charge in [0.15, 0.2) is 0 Å². The number of hydrogen-bond donors (Lipinski definition) is 1. The first kappa shape index (κ1) is 16.7. The third-order valence-electron chi connectivity index (χ3n) is 3.72. The van der Waals surface area contributed by atoms with E-state index in [9.17, 15) is 18.0 Å². The largest absolute Gasteiger partial charge is 0.442 e. The molecule has 0 unspecified atom stereocenters. The number of carbonyl (C=O) groups is 1. The first-order valence-corrected chi connectivity index (χ1v) is 8.37. The molecule has 0 spiro atoms. The van der Waals surface area contributed by atoms with Gasteiger partial charge in [0.05, 0.1) is 5.75 Å². The lowest BCUT2D eigenvalue weighted by Gasteiger charge is -2.20. The zero-order chi connectivity index (χ0) is 17.2. The van der Waals surface area contributed by atoms with E-state index in [0.717, 1.165) is 24.3 Å². The van der Waals surface area contributed by atoms with E-state index in [2.05, 4.69) is 22.3 Å². The highest BCUT2D eigenvalue weighted by molar-refractivity contribution is 8.00. The lowest BCUT2D eigenvalue weighted by molar-refractivity contribution is -0.114. The third-order valence-corrected chi connectivity index (χ3v) is 4.45. The van der Waals surface area contributed by atoms with Crippen LogP contribution in [0.4, 0.5) is 30.2 Å². The summed E-state index contributed by atoms with van der Waals surface area (Å²) >= 11 is -0.344. The molecule has 0 saturated heterocycles. The van der Waals surface area contributed by atoms with Gasteiger partial charge in [0.1, 0.15) is 0 Å². The second-order valence-corrected chi connectivity index (χ2v) is 6.40. The van der Waals surface area contributed by atoms with E-state index in [1.54, 1.807) is 12.1 Å². The average Bonchev–Trinajstić information content (AvgIpc) is 2.97. The van der Waals surface area contributed by atoms with Gasteiger partial charge in [-0.1, -0.05) is 18.2 Å². The Balaban J connectivity index is 1.63. The second kappa shape index (κ2) is 6.76. The van der Waals surface area contributed by atoms with Crippen LogP contribution in [0.25, 0.3) is 0 Å². The molecule has 1 heterocycles. The minimum Gasteiger partial charge on any atom is -0.341 e. The number of halogens is 3. The predicted molar refractivity (Wildman–Crippen MR) is 90.7 cm³/mol. The topological polar surface area (TPSA) is 32.3 Å². The molecule has 1 aliphatic rings. The summed E-state index contributed by atoms with van der Waals surface area (Å²) in [5.41, 5.74) is -0.471. The molecule has 2 aromatic carbocycles. The fraction of sp³-hybridized carbons (Fsp3) is 0.235. The molecule has 1 N–H and O–H groups in total. The van der Waals surface area contributed by atoms with Crippen LogP contribution in [0.1, 0.15) is 5.56 Å². The van der Waals surface area contributed by atoms with E-state index < -0.39 is 17.2 Å². The predicted octanol–water partition coefficient (Wildman–Crippen LogP) is 4.57. The van der Waals surface area contributed by atoms with Gasteiger partial charge in [-0.2, -0.15) is 13.2 Å². The Bertz CT molecular complexity index is 731. The van der Waals surface area contributed by atoms with Crippen LogP contribution in [-0.4, -0.2) is 23.7 Å². The van der Waals surface area contributed by atoms with Gasteiger partial charge < -0.3 is 10.2 Å². The van der Waals surface area contributed by atoms with Gasteiger partial charge in [-0.05, 0) is 54.1 Å². The van der Waals surface area contributed by atoms with Crippen molar-refractivity contribution < 1.29 is 18.0 Å². The molecule has 0 radical (unpaired) electrons. The highest BCUT2D eigenvalue weighted by atomic mass is 32.2. The lowest BCUT2D eigenvalue weighted by atomic mass is 10.2. The number of nitrogens with one attached hydrogen (secondary N) is 1. The van der Waals surface area contributed by atoms with Crippen molar-refractivity contribution >= 4 is 34.7 Å². The van der Waals surface area contributed by atoms with Crippen LogP contribution in [-0.2, 0) is 11.2 Å². The molecular formula is C17H15F3N2OS. The summed E-state index contributed by atoms with van der Waals surface area (Å²) in [6.07, 6.45) is 0.976. The van der Waals surface area contributed by atoms with Crippen LogP contribution < -0.4 is 10.2 Å². The summed E-state index contributed by atoms with van der Waals surface area (Å²) in [6.45, 7) is 0.882. The van der Waals surface area contributed by atoms with Crippen molar-refractivity contribution in [3.05, 3.63) is 54.1 Å². The van der Waals surface area contributed by atoms with E-state index >= 15 is 0 Å². The average molecular weight is 352 g/mol. The van der Waals surface area contributed by atoms with Crippen LogP contribution in [0.15, 0.2) is 48.5 Å². The zero-order valence-electron chi connectivity index (χ0n) is 12.6. The van der Waals surface area contributed by atoms with Gasteiger partial charge in [0.25, 0.3) is 0 Å². The molecule has 24 heavy (non-hydrogen) atoms. The van der Waals surface area contributed by atoms with Crippen molar-refractivity contribution in [1.82, 2.24) is 0 Å². The molecule has 7 heteroatoms. The van der Waals surface area contributed by atoms with Crippen molar-refractivity contribution in [3.8, 4) is 0 Å². The molecule has 126 valence electrons. The van der Waals surface area contributed by atoms with Crippen LogP contribution in [0.2, 0.25) is 0 Å². The smallest absolute Gasteiger partial charge is 0.341 e. The maximum atomic E-state index is 12.1. The minimum atomic E-state index is -4.40. The van der Waals surface area contributed by atoms with Crippen molar-refractivity contribution in [2.45, 2.75) is 11.9 Å². The van der Waals surface area contributed by atoms with Crippen LogP contribution in [0.3, 0.4) is 0 Å². The molecule has 2 aromatic rings. The number of para-hydroxylation sites is 1. The first-order valence-electron chi connectivity index (χ1n) is 7.38. The fourth-order valence-corrected chi connectivity index (χ4v) is 3.04. The molecule has 0 atom stereocenters. The number of fused-ring (bicyclic) bond motifs is 1. The Kier molecular flexibility index (Phi) is 4.71. The number of amides is 1. The molecule has 0 bridgehead atoms. The number of thioether (sulfide) groups is 1. The summed E-state index contributed by atoms with van der Waals surface area (Å²) in [7, 11) is 0. The quantitative estimate of drug-likeness (QED) is 0.875. The van der Waals surface area contributed by atoms with Gasteiger partial charge in [-0.3, -0.25) is 4.79 Å². The Morgan fingerprint density at radius 3 is 2.54 bits per heavy atom. The van der Waals surface area contributed by atoms with Crippen LogP contribution in [0, 0.1) is 0 Å². The van der Waals surface area contributed by atoms with Gasteiger partial charge >= 0.3 is 5.51 Å². The van der Waals surface area contributed by atoms with Crippen molar-refractivity contribution in [3.63, 3.8) is 0 Å².